The van der Waals surface area contributed by atoms with Crippen molar-refractivity contribution in [2.45, 2.75) is 46.1 Å². The Kier molecular flexibility index (Phi) is 2.72. The van der Waals surface area contributed by atoms with E-state index in [0.717, 1.165) is 17.2 Å². The average molecular weight is 196 g/mol. The van der Waals surface area contributed by atoms with Gasteiger partial charge in [-0.3, -0.25) is 0 Å². The number of hydrogen-bond acceptors (Lipinski definition) is 2. The summed E-state index contributed by atoms with van der Waals surface area (Å²) in [7, 11) is 1.99. The van der Waals surface area contributed by atoms with Crippen molar-refractivity contribution in [1.82, 2.24) is 9.55 Å². The predicted octanol–water partition coefficient (Wildman–Crippen LogP) is 2.08. The standard InChI is InChI=1S/C11H20N2O/c1-7(2)10-12-9(11(4,5)14)8(3)13(10)6/h7,14H,1-6H3. The second-order valence-electron chi connectivity index (χ2n) is 4.68. The van der Waals surface area contributed by atoms with E-state index in [1.807, 2.05) is 14.0 Å². The van der Waals surface area contributed by atoms with Crippen LogP contribution in [0.3, 0.4) is 0 Å². The van der Waals surface area contributed by atoms with Crippen molar-refractivity contribution in [3.05, 3.63) is 17.2 Å². The number of rotatable bonds is 2. The van der Waals surface area contributed by atoms with Gasteiger partial charge in [0.1, 0.15) is 11.4 Å². The van der Waals surface area contributed by atoms with Crippen LogP contribution in [-0.4, -0.2) is 14.7 Å². The van der Waals surface area contributed by atoms with Gasteiger partial charge in [-0.2, -0.15) is 0 Å². The molecule has 0 aliphatic carbocycles. The number of hydrogen-bond donors (Lipinski definition) is 1. The van der Waals surface area contributed by atoms with Gasteiger partial charge in [0.25, 0.3) is 0 Å². The van der Waals surface area contributed by atoms with Gasteiger partial charge in [-0.15, -0.1) is 0 Å². The summed E-state index contributed by atoms with van der Waals surface area (Å²) >= 11 is 0. The molecular weight excluding hydrogens is 176 g/mol. The third kappa shape index (κ3) is 1.82. The molecule has 0 unspecified atom stereocenters. The third-order valence-corrected chi connectivity index (χ3v) is 2.51. The summed E-state index contributed by atoms with van der Waals surface area (Å²) in [4.78, 5) is 4.49. The maximum atomic E-state index is 9.91. The Morgan fingerprint density at radius 2 is 1.86 bits per heavy atom. The summed E-state index contributed by atoms with van der Waals surface area (Å²) in [5.41, 5.74) is 0.972. The number of aromatic nitrogens is 2. The van der Waals surface area contributed by atoms with Crippen molar-refractivity contribution < 1.29 is 5.11 Å². The quantitative estimate of drug-likeness (QED) is 0.786. The molecule has 1 N–H and O–H groups in total. The number of aliphatic hydroxyl groups is 1. The van der Waals surface area contributed by atoms with E-state index in [-0.39, 0.29) is 0 Å². The highest BCUT2D eigenvalue weighted by Gasteiger charge is 2.25. The summed E-state index contributed by atoms with van der Waals surface area (Å²) in [5.74, 6) is 1.41. The summed E-state index contributed by atoms with van der Waals surface area (Å²) in [5, 5.41) is 9.91. The van der Waals surface area contributed by atoms with Gasteiger partial charge in [-0.25, -0.2) is 4.98 Å². The topological polar surface area (TPSA) is 38.1 Å². The van der Waals surface area contributed by atoms with Gasteiger partial charge in [0, 0.05) is 18.7 Å². The molecule has 3 heteroatoms. The Morgan fingerprint density at radius 1 is 1.36 bits per heavy atom. The van der Waals surface area contributed by atoms with Gasteiger partial charge < -0.3 is 9.67 Å². The van der Waals surface area contributed by atoms with Crippen LogP contribution in [0.4, 0.5) is 0 Å². The molecule has 0 radical (unpaired) electrons. The highest BCUT2D eigenvalue weighted by atomic mass is 16.3. The van der Waals surface area contributed by atoms with Crippen LogP contribution in [-0.2, 0) is 12.6 Å². The summed E-state index contributed by atoms with van der Waals surface area (Å²) in [6, 6.07) is 0. The van der Waals surface area contributed by atoms with E-state index in [9.17, 15) is 5.11 Å². The molecule has 0 amide bonds. The molecule has 0 bridgehead atoms. The maximum Gasteiger partial charge on any atom is 0.111 e. The molecule has 0 saturated carbocycles. The minimum absolute atomic E-state index is 0.384. The number of nitrogens with zero attached hydrogens (tertiary/aromatic N) is 2. The molecule has 0 saturated heterocycles. The summed E-state index contributed by atoms with van der Waals surface area (Å²) < 4.78 is 2.05. The lowest BCUT2D eigenvalue weighted by Crippen LogP contribution is -2.17. The van der Waals surface area contributed by atoms with Crippen LogP contribution in [0.25, 0.3) is 0 Å². The lowest BCUT2D eigenvalue weighted by molar-refractivity contribution is 0.0733. The second kappa shape index (κ2) is 3.39. The third-order valence-electron chi connectivity index (χ3n) is 2.51. The van der Waals surface area contributed by atoms with E-state index in [1.54, 1.807) is 13.8 Å². The fraction of sp³-hybridized carbons (Fsp3) is 0.727. The van der Waals surface area contributed by atoms with Gasteiger partial charge in [-0.05, 0) is 20.8 Å². The van der Waals surface area contributed by atoms with Gasteiger partial charge in [0.15, 0.2) is 0 Å². The zero-order chi connectivity index (χ0) is 11.1. The van der Waals surface area contributed by atoms with Crippen LogP contribution in [0.1, 0.15) is 50.8 Å². The molecule has 0 aromatic carbocycles. The molecule has 80 valence electrons. The molecule has 1 aromatic heterocycles. The molecule has 14 heavy (non-hydrogen) atoms. The smallest absolute Gasteiger partial charge is 0.111 e. The second-order valence-corrected chi connectivity index (χ2v) is 4.68. The van der Waals surface area contributed by atoms with Gasteiger partial charge in [0.05, 0.1) is 5.69 Å². The Balaban J connectivity index is 3.29. The van der Waals surface area contributed by atoms with Crippen molar-refractivity contribution in [2.24, 2.45) is 7.05 Å². The fourth-order valence-electron chi connectivity index (χ4n) is 1.70. The lowest BCUT2D eigenvalue weighted by atomic mass is 10.0. The Hall–Kier alpha value is -0.830. The molecule has 1 rings (SSSR count). The van der Waals surface area contributed by atoms with Crippen LogP contribution in [0.15, 0.2) is 0 Å². The number of imidazole rings is 1. The zero-order valence-corrected chi connectivity index (χ0v) is 9.92. The predicted molar refractivity (Wildman–Crippen MR) is 57.3 cm³/mol. The largest absolute Gasteiger partial charge is 0.384 e. The highest BCUT2D eigenvalue weighted by Crippen LogP contribution is 2.25. The first-order valence-electron chi connectivity index (χ1n) is 5.01. The molecule has 0 aliphatic heterocycles. The van der Waals surface area contributed by atoms with Crippen LogP contribution in [0.5, 0.6) is 0 Å². The van der Waals surface area contributed by atoms with Crippen molar-refractivity contribution in [2.75, 3.05) is 0 Å². The Labute approximate surface area is 85.8 Å². The first kappa shape index (κ1) is 11.2. The van der Waals surface area contributed by atoms with E-state index in [2.05, 4.69) is 23.4 Å². The first-order valence-corrected chi connectivity index (χ1v) is 5.01. The van der Waals surface area contributed by atoms with E-state index < -0.39 is 5.60 Å². The Bertz CT molecular complexity index is 332. The molecular formula is C11H20N2O. The molecule has 0 spiro atoms. The molecule has 0 fully saturated rings. The van der Waals surface area contributed by atoms with E-state index in [4.69, 9.17) is 0 Å². The van der Waals surface area contributed by atoms with E-state index in [0.29, 0.717) is 5.92 Å². The molecule has 3 nitrogen and oxygen atoms in total. The molecule has 0 atom stereocenters. The van der Waals surface area contributed by atoms with Crippen LogP contribution in [0, 0.1) is 6.92 Å². The van der Waals surface area contributed by atoms with Crippen molar-refractivity contribution in [3.8, 4) is 0 Å². The van der Waals surface area contributed by atoms with Crippen LogP contribution in [0.2, 0.25) is 0 Å². The molecule has 0 aliphatic rings. The normalized spacial score (nSPS) is 12.6. The summed E-state index contributed by atoms with van der Waals surface area (Å²) in [6.45, 7) is 9.75. The van der Waals surface area contributed by atoms with E-state index >= 15 is 0 Å². The average Bonchev–Trinajstić information content (AvgIpc) is 2.28. The van der Waals surface area contributed by atoms with Gasteiger partial charge >= 0.3 is 0 Å². The van der Waals surface area contributed by atoms with Crippen LogP contribution < -0.4 is 0 Å². The zero-order valence-electron chi connectivity index (χ0n) is 9.92. The molecule has 1 aromatic rings. The minimum Gasteiger partial charge on any atom is -0.384 e. The monoisotopic (exact) mass is 196 g/mol. The van der Waals surface area contributed by atoms with Crippen molar-refractivity contribution in [1.29, 1.82) is 0 Å². The van der Waals surface area contributed by atoms with Gasteiger partial charge in [-0.1, -0.05) is 13.8 Å². The van der Waals surface area contributed by atoms with Crippen LogP contribution >= 0.6 is 0 Å². The maximum absolute atomic E-state index is 9.91. The SMILES string of the molecule is Cc1c(C(C)(C)O)nc(C(C)C)n1C. The first-order chi connectivity index (χ1) is 6.25. The van der Waals surface area contributed by atoms with E-state index in [1.165, 1.54) is 0 Å². The van der Waals surface area contributed by atoms with Crippen molar-refractivity contribution in [3.63, 3.8) is 0 Å². The fourth-order valence-corrected chi connectivity index (χ4v) is 1.70. The van der Waals surface area contributed by atoms with Gasteiger partial charge in [0.2, 0.25) is 0 Å². The van der Waals surface area contributed by atoms with Crippen molar-refractivity contribution >= 4 is 0 Å². The highest BCUT2D eigenvalue weighted by molar-refractivity contribution is 5.22. The summed E-state index contributed by atoms with van der Waals surface area (Å²) in [6.07, 6.45) is 0. The Morgan fingerprint density at radius 3 is 2.07 bits per heavy atom. The minimum atomic E-state index is -0.852. The lowest BCUT2D eigenvalue weighted by Gasteiger charge is -2.15. The molecule has 1 heterocycles.